The Hall–Kier alpha value is -3.12. The van der Waals surface area contributed by atoms with Gasteiger partial charge in [-0.1, -0.05) is 41.9 Å². The second kappa shape index (κ2) is 8.51. The van der Waals surface area contributed by atoms with Crippen LogP contribution in [-0.2, 0) is 11.2 Å². The van der Waals surface area contributed by atoms with Crippen LogP contribution in [0.4, 0.5) is 10.1 Å². The summed E-state index contributed by atoms with van der Waals surface area (Å²) in [6.45, 7) is 0. The third-order valence-corrected chi connectivity index (χ3v) is 4.14. The summed E-state index contributed by atoms with van der Waals surface area (Å²) >= 11 is 5.66. The third kappa shape index (κ3) is 4.95. The summed E-state index contributed by atoms with van der Waals surface area (Å²) in [4.78, 5) is 25.0. The van der Waals surface area contributed by atoms with E-state index in [4.69, 9.17) is 16.0 Å². The minimum Gasteiger partial charge on any atom is -0.459 e. The zero-order valence-electron chi connectivity index (χ0n) is 14.1. The van der Waals surface area contributed by atoms with E-state index in [1.165, 1.54) is 24.5 Å². The largest absolute Gasteiger partial charge is 0.459 e. The summed E-state index contributed by atoms with van der Waals surface area (Å²) in [5, 5.41) is 5.21. The molecule has 2 amide bonds. The molecule has 1 heterocycles. The number of halogens is 2. The molecule has 5 nitrogen and oxygen atoms in total. The molecule has 0 aliphatic rings. The number of anilines is 1. The summed E-state index contributed by atoms with van der Waals surface area (Å²) in [5.41, 5.74) is 1.10. The smallest absolute Gasteiger partial charge is 0.287 e. The molecule has 1 unspecified atom stereocenters. The predicted molar refractivity (Wildman–Crippen MR) is 100 cm³/mol. The normalized spacial score (nSPS) is 11.6. The Morgan fingerprint density at radius 3 is 2.52 bits per heavy atom. The second-order valence-corrected chi connectivity index (χ2v) is 6.22. The number of rotatable bonds is 6. The Labute approximate surface area is 160 Å². The molecule has 3 aromatic rings. The Kier molecular flexibility index (Phi) is 5.88. The lowest BCUT2D eigenvalue weighted by molar-refractivity contribution is -0.118. The lowest BCUT2D eigenvalue weighted by Gasteiger charge is -2.18. The van der Waals surface area contributed by atoms with E-state index in [0.717, 1.165) is 11.6 Å². The molecule has 0 bridgehead atoms. The van der Waals surface area contributed by atoms with Gasteiger partial charge in [0.25, 0.3) is 5.91 Å². The van der Waals surface area contributed by atoms with E-state index in [0.29, 0.717) is 0 Å². The summed E-state index contributed by atoms with van der Waals surface area (Å²) in [6, 6.07) is 15.4. The maximum absolute atomic E-state index is 13.6. The lowest BCUT2D eigenvalue weighted by atomic mass is 10.0. The van der Waals surface area contributed by atoms with Gasteiger partial charge in [0.15, 0.2) is 5.76 Å². The molecule has 7 heteroatoms. The molecule has 2 aromatic carbocycles. The van der Waals surface area contributed by atoms with Gasteiger partial charge in [-0.2, -0.15) is 0 Å². The zero-order chi connectivity index (χ0) is 19.2. The van der Waals surface area contributed by atoms with Crippen molar-refractivity contribution in [3.8, 4) is 0 Å². The summed E-state index contributed by atoms with van der Waals surface area (Å²) in [6.07, 6.45) is 1.63. The second-order valence-electron chi connectivity index (χ2n) is 5.81. The van der Waals surface area contributed by atoms with Gasteiger partial charge >= 0.3 is 0 Å². The van der Waals surface area contributed by atoms with Crippen LogP contribution in [0.25, 0.3) is 0 Å². The molecule has 0 saturated carbocycles. The summed E-state index contributed by atoms with van der Waals surface area (Å²) in [5.74, 6) is -1.55. The van der Waals surface area contributed by atoms with Crippen molar-refractivity contribution in [3.63, 3.8) is 0 Å². The van der Waals surface area contributed by atoms with Crippen molar-refractivity contribution in [1.29, 1.82) is 0 Å². The van der Waals surface area contributed by atoms with E-state index in [1.54, 1.807) is 6.07 Å². The molecular formula is C20H16ClFN2O3. The van der Waals surface area contributed by atoms with Gasteiger partial charge in [-0.15, -0.1) is 0 Å². The first-order chi connectivity index (χ1) is 13.0. The molecule has 1 atom stereocenters. The highest BCUT2D eigenvalue weighted by molar-refractivity contribution is 6.30. The molecule has 0 fully saturated rings. The van der Waals surface area contributed by atoms with E-state index in [1.807, 2.05) is 30.3 Å². The molecule has 2 N–H and O–H groups in total. The number of hydrogen-bond acceptors (Lipinski definition) is 3. The maximum atomic E-state index is 13.6. The highest BCUT2D eigenvalue weighted by atomic mass is 35.5. The van der Waals surface area contributed by atoms with Gasteiger partial charge in [0, 0.05) is 12.1 Å². The van der Waals surface area contributed by atoms with Crippen LogP contribution in [-0.4, -0.2) is 17.9 Å². The molecule has 138 valence electrons. The number of benzene rings is 2. The standard InChI is InChI=1S/C20H16ClFN2O3/c21-15-9-8-14(12-16(15)22)23-19(25)17(11-13-5-2-1-3-6-13)24-20(26)18-7-4-10-27-18/h1-10,12,17H,11H2,(H,23,25)(H,24,26). The monoisotopic (exact) mass is 386 g/mol. The Morgan fingerprint density at radius 1 is 1.07 bits per heavy atom. The van der Waals surface area contributed by atoms with Gasteiger partial charge in [-0.05, 0) is 35.9 Å². The highest BCUT2D eigenvalue weighted by Gasteiger charge is 2.23. The van der Waals surface area contributed by atoms with E-state index < -0.39 is 23.7 Å². The number of hydrogen-bond donors (Lipinski definition) is 2. The minimum absolute atomic E-state index is 0.0417. The van der Waals surface area contributed by atoms with Gasteiger partial charge < -0.3 is 15.1 Å². The molecule has 1 aromatic heterocycles. The number of amides is 2. The van der Waals surface area contributed by atoms with Crippen molar-refractivity contribution in [2.24, 2.45) is 0 Å². The Morgan fingerprint density at radius 2 is 1.85 bits per heavy atom. The van der Waals surface area contributed by atoms with Crippen molar-refractivity contribution in [2.75, 3.05) is 5.32 Å². The van der Waals surface area contributed by atoms with Crippen LogP contribution in [0.5, 0.6) is 0 Å². The van der Waals surface area contributed by atoms with Gasteiger partial charge in [0.1, 0.15) is 11.9 Å². The first-order valence-electron chi connectivity index (χ1n) is 8.17. The van der Waals surface area contributed by atoms with Crippen molar-refractivity contribution in [3.05, 3.63) is 89.1 Å². The molecule has 0 aliphatic carbocycles. The van der Waals surface area contributed by atoms with Crippen LogP contribution in [0.1, 0.15) is 16.1 Å². The van der Waals surface area contributed by atoms with Crippen molar-refractivity contribution >= 4 is 29.1 Å². The predicted octanol–water partition coefficient (Wildman–Crippen LogP) is 4.05. The van der Waals surface area contributed by atoms with Crippen molar-refractivity contribution in [1.82, 2.24) is 5.32 Å². The molecular weight excluding hydrogens is 371 g/mol. The number of carbonyl (C=O) groups excluding carboxylic acids is 2. The van der Waals surface area contributed by atoms with Crippen LogP contribution in [0.2, 0.25) is 5.02 Å². The molecule has 0 radical (unpaired) electrons. The van der Waals surface area contributed by atoms with Crippen molar-refractivity contribution in [2.45, 2.75) is 12.5 Å². The number of furan rings is 1. The molecule has 0 aliphatic heterocycles. The van der Waals surface area contributed by atoms with E-state index in [-0.39, 0.29) is 22.9 Å². The zero-order valence-corrected chi connectivity index (χ0v) is 14.9. The Balaban J connectivity index is 1.77. The van der Waals surface area contributed by atoms with Crippen molar-refractivity contribution < 1.29 is 18.4 Å². The topological polar surface area (TPSA) is 71.3 Å². The van der Waals surface area contributed by atoms with E-state index in [2.05, 4.69) is 10.6 Å². The fourth-order valence-electron chi connectivity index (χ4n) is 2.50. The average Bonchev–Trinajstić information content (AvgIpc) is 3.20. The van der Waals surface area contributed by atoms with E-state index in [9.17, 15) is 14.0 Å². The fourth-order valence-corrected chi connectivity index (χ4v) is 2.62. The number of carbonyl (C=O) groups is 2. The molecule has 0 saturated heterocycles. The highest BCUT2D eigenvalue weighted by Crippen LogP contribution is 2.19. The van der Waals surface area contributed by atoms with Crippen LogP contribution in [0.15, 0.2) is 71.3 Å². The lowest BCUT2D eigenvalue weighted by Crippen LogP contribution is -2.45. The molecule has 3 rings (SSSR count). The minimum atomic E-state index is -0.885. The van der Waals surface area contributed by atoms with Crippen LogP contribution < -0.4 is 10.6 Å². The van der Waals surface area contributed by atoms with Crippen LogP contribution in [0, 0.1) is 5.82 Å². The Bertz CT molecular complexity index is 930. The number of nitrogens with one attached hydrogen (secondary N) is 2. The third-order valence-electron chi connectivity index (χ3n) is 3.84. The van der Waals surface area contributed by atoms with Gasteiger partial charge in [0.05, 0.1) is 11.3 Å². The summed E-state index contributed by atoms with van der Waals surface area (Å²) in [7, 11) is 0. The maximum Gasteiger partial charge on any atom is 0.287 e. The first-order valence-corrected chi connectivity index (χ1v) is 8.55. The SMILES string of the molecule is O=C(NC(Cc1ccccc1)C(=O)Nc1ccc(Cl)c(F)c1)c1ccco1. The molecule has 0 spiro atoms. The van der Waals surface area contributed by atoms with E-state index >= 15 is 0 Å². The molecule has 27 heavy (non-hydrogen) atoms. The quantitative estimate of drug-likeness (QED) is 0.671. The van der Waals surface area contributed by atoms with Gasteiger partial charge in [0.2, 0.25) is 5.91 Å². The van der Waals surface area contributed by atoms with Gasteiger partial charge in [-0.3, -0.25) is 9.59 Å². The van der Waals surface area contributed by atoms with Gasteiger partial charge in [-0.25, -0.2) is 4.39 Å². The fraction of sp³-hybridized carbons (Fsp3) is 0.100. The first kappa shape index (κ1) is 18.7. The van der Waals surface area contributed by atoms with Crippen LogP contribution >= 0.6 is 11.6 Å². The summed E-state index contributed by atoms with van der Waals surface area (Å²) < 4.78 is 18.7. The van der Waals surface area contributed by atoms with Crippen LogP contribution in [0.3, 0.4) is 0 Å². The average molecular weight is 387 g/mol.